The summed E-state index contributed by atoms with van der Waals surface area (Å²) >= 11 is 0. The third-order valence-electron chi connectivity index (χ3n) is 9.94. The van der Waals surface area contributed by atoms with Gasteiger partial charge in [0.25, 0.3) is 0 Å². The summed E-state index contributed by atoms with van der Waals surface area (Å²) in [7, 11) is 0. The first-order valence-corrected chi connectivity index (χ1v) is 21.7. The van der Waals surface area contributed by atoms with Gasteiger partial charge in [0.15, 0.2) is 0 Å². The molecule has 0 aromatic heterocycles. The molecule has 0 amide bonds. The highest BCUT2D eigenvalue weighted by Gasteiger charge is 2.15. The largest absolute Gasteiger partial charge is 0.459 e. The van der Waals surface area contributed by atoms with Crippen LogP contribution in [0.1, 0.15) is 246 Å². The Morgan fingerprint density at radius 2 is 0.521 bits per heavy atom. The van der Waals surface area contributed by atoms with E-state index in [9.17, 15) is 9.59 Å². The molecule has 0 saturated heterocycles. The molecule has 0 fully saturated rings. The van der Waals surface area contributed by atoms with E-state index in [1.807, 2.05) is 0 Å². The van der Waals surface area contributed by atoms with Crippen LogP contribution in [0, 0.1) is 0 Å². The van der Waals surface area contributed by atoms with Gasteiger partial charge in [-0.15, -0.1) is 0 Å². The molecular weight excluding hydrogens is 592 g/mol. The van der Waals surface area contributed by atoms with Crippen LogP contribution in [-0.4, -0.2) is 24.1 Å². The quantitative estimate of drug-likeness (QED) is 0.0371. The fourth-order valence-corrected chi connectivity index (χ4v) is 6.74. The molecular formula is C44H84O4. The van der Waals surface area contributed by atoms with Gasteiger partial charge in [0, 0.05) is 12.2 Å². The van der Waals surface area contributed by atoms with Gasteiger partial charge in [-0.2, -0.15) is 0 Å². The maximum Gasteiger partial charge on any atom is 0.331 e. The van der Waals surface area contributed by atoms with Crippen LogP contribution in [0.15, 0.2) is 12.2 Å². The molecule has 0 N–H and O–H groups in total. The number of carbonyl (C=O) groups excluding carboxylic acids is 2. The van der Waals surface area contributed by atoms with Gasteiger partial charge < -0.3 is 9.47 Å². The highest BCUT2D eigenvalue weighted by atomic mass is 16.5. The van der Waals surface area contributed by atoms with Crippen LogP contribution in [0.5, 0.6) is 0 Å². The van der Waals surface area contributed by atoms with Crippen molar-refractivity contribution in [3.63, 3.8) is 0 Å². The maximum atomic E-state index is 12.8. The van der Waals surface area contributed by atoms with Crippen molar-refractivity contribution in [2.45, 2.75) is 258 Å². The second-order valence-electron chi connectivity index (χ2n) is 14.8. The summed E-state index contributed by atoms with van der Waals surface area (Å²) in [5.41, 5.74) is 0. The highest BCUT2D eigenvalue weighted by molar-refractivity contribution is 5.91. The van der Waals surface area contributed by atoms with Crippen LogP contribution in [0.3, 0.4) is 0 Å². The zero-order valence-electron chi connectivity index (χ0n) is 33.0. The van der Waals surface area contributed by atoms with E-state index in [0.717, 1.165) is 51.4 Å². The van der Waals surface area contributed by atoms with E-state index in [-0.39, 0.29) is 12.2 Å². The van der Waals surface area contributed by atoms with Gasteiger partial charge in [0.1, 0.15) is 12.2 Å². The predicted molar refractivity (Wildman–Crippen MR) is 209 cm³/mol. The molecule has 4 heteroatoms. The molecule has 0 spiro atoms. The zero-order chi connectivity index (χ0) is 35.2. The monoisotopic (exact) mass is 677 g/mol. The summed E-state index contributed by atoms with van der Waals surface area (Å²) < 4.78 is 11.8. The first-order valence-electron chi connectivity index (χ1n) is 21.7. The lowest BCUT2D eigenvalue weighted by Crippen LogP contribution is -2.19. The average molecular weight is 677 g/mol. The molecule has 0 aliphatic heterocycles. The van der Waals surface area contributed by atoms with Crippen molar-refractivity contribution in [1.82, 2.24) is 0 Å². The molecule has 0 aromatic carbocycles. The molecule has 0 aliphatic carbocycles. The van der Waals surface area contributed by atoms with Gasteiger partial charge in [-0.25, -0.2) is 9.59 Å². The van der Waals surface area contributed by atoms with Gasteiger partial charge >= 0.3 is 11.9 Å². The minimum Gasteiger partial charge on any atom is -0.459 e. The number of esters is 2. The Kier molecular flexibility index (Phi) is 37.4. The first kappa shape index (κ1) is 46.7. The molecule has 0 radical (unpaired) electrons. The lowest BCUT2D eigenvalue weighted by Gasteiger charge is -2.18. The second kappa shape index (κ2) is 38.5. The standard InChI is InChI=1S/C44H84O4/c1-5-9-13-17-21-23-25-29-33-37-41(35-31-27-19-15-11-7-3)47-43(45)39-40-44(46)48-42(36-32-28-20-16-12-8-4)38-34-30-26-24-22-18-14-10-6-2/h39-42H,5-38H2,1-4H3/b40-39-. The molecule has 0 aromatic rings. The summed E-state index contributed by atoms with van der Waals surface area (Å²) in [6.07, 6.45) is 44.3. The number of hydrogen-bond acceptors (Lipinski definition) is 4. The summed E-state index contributed by atoms with van der Waals surface area (Å²) in [5, 5.41) is 0. The predicted octanol–water partition coefficient (Wildman–Crippen LogP) is 14.7. The Morgan fingerprint density at radius 3 is 0.729 bits per heavy atom. The lowest BCUT2D eigenvalue weighted by atomic mass is 10.0. The minimum atomic E-state index is -0.398. The van der Waals surface area contributed by atoms with Gasteiger partial charge in [0.05, 0.1) is 0 Å². The van der Waals surface area contributed by atoms with Crippen LogP contribution in [0.2, 0.25) is 0 Å². The summed E-state index contributed by atoms with van der Waals surface area (Å²) in [6.45, 7) is 9.03. The van der Waals surface area contributed by atoms with Gasteiger partial charge in [-0.1, -0.05) is 195 Å². The first-order chi connectivity index (χ1) is 23.6. The van der Waals surface area contributed by atoms with Crippen LogP contribution in [0.4, 0.5) is 0 Å². The van der Waals surface area contributed by atoms with Crippen molar-refractivity contribution in [3.05, 3.63) is 12.2 Å². The van der Waals surface area contributed by atoms with E-state index >= 15 is 0 Å². The Balaban J connectivity index is 4.74. The van der Waals surface area contributed by atoms with Crippen LogP contribution >= 0.6 is 0 Å². The summed E-state index contributed by atoms with van der Waals surface area (Å²) in [5.74, 6) is -0.796. The van der Waals surface area contributed by atoms with E-state index in [1.54, 1.807) is 0 Å². The molecule has 0 rings (SSSR count). The van der Waals surface area contributed by atoms with Gasteiger partial charge in [0.2, 0.25) is 0 Å². The van der Waals surface area contributed by atoms with E-state index in [4.69, 9.17) is 9.47 Å². The Hall–Kier alpha value is -1.32. The molecule has 2 atom stereocenters. The summed E-state index contributed by atoms with van der Waals surface area (Å²) in [6, 6.07) is 0. The van der Waals surface area contributed by atoms with E-state index in [0.29, 0.717) is 0 Å². The Labute approximate surface area is 300 Å². The maximum absolute atomic E-state index is 12.8. The minimum absolute atomic E-state index is 0.0546. The van der Waals surface area contributed by atoms with Crippen molar-refractivity contribution < 1.29 is 19.1 Å². The normalized spacial score (nSPS) is 12.8. The Morgan fingerprint density at radius 1 is 0.333 bits per heavy atom. The molecule has 0 saturated carbocycles. The second-order valence-corrected chi connectivity index (χ2v) is 14.8. The number of ether oxygens (including phenoxy) is 2. The van der Waals surface area contributed by atoms with Crippen molar-refractivity contribution in [1.29, 1.82) is 0 Å². The van der Waals surface area contributed by atoms with Crippen LogP contribution in [-0.2, 0) is 19.1 Å². The lowest BCUT2D eigenvalue weighted by molar-refractivity contribution is -0.146. The molecule has 2 unspecified atom stereocenters. The number of hydrogen-bond donors (Lipinski definition) is 0. The third-order valence-corrected chi connectivity index (χ3v) is 9.94. The van der Waals surface area contributed by atoms with Crippen molar-refractivity contribution in [2.75, 3.05) is 0 Å². The van der Waals surface area contributed by atoms with Crippen LogP contribution in [0.25, 0.3) is 0 Å². The van der Waals surface area contributed by atoms with Gasteiger partial charge in [-0.3, -0.25) is 0 Å². The smallest absolute Gasteiger partial charge is 0.331 e. The summed E-state index contributed by atoms with van der Waals surface area (Å²) in [4.78, 5) is 25.6. The SMILES string of the molecule is CCCCCCCCCCCC(CCCCCCCC)OC(=O)/C=C\C(=O)OC(CCCCCCCC)CCCCCCCCCCC. The van der Waals surface area contributed by atoms with Crippen molar-refractivity contribution in [2.24, 2.45) is 0 Å². The highest BCUT2D eigenvalue weighted by Crippen LogP contribution is 2.19. The van der Waals surface area contributed by atoms with Crippen LogP contribution < -0.4 is 0 Å². The molecule has 284 valence electrons. The van der Waals surface area contributed by atoms with Crippen molar-refractivity contribution in [3.8, 4) is 0 Å². The fourth-order valence-electron chi connectivity index (χ4n) is 6.74. The van der Waals surface area contributed by atoms with Crippen molar-refractivity contribution >= 4 is 11.9 Å². The topological polar surface area (TPSA) is 52.6 Å². The number of unbranched alkanes of at least 4 members (excludes halogenated alkanes) is 26. The number of rotatable bonds is 38. The molecule has 48 heavy (non-hydrogen) atoms. The fraction of sp³-hybridized carbons (Fsp3) is 0.909. The average Bonchev–Trinajstić information content (AvgIpc) is 3.08. The molecule has 0 aliphatic rings. The molecule has 0 bridgehead atoms. The third kappa shape index (κ3) is 34.5. The zero-order valence-corrected chi connectivity index (χ0v) is 33.0. The number of carbonyl (C=O) groups is 2. The van der Waals surface area contributed by atoms with E-state index < -0.39 is 11.9 Å². The molecule has 4 nitrogen and oxygen atoms in total. The van der Waals surface area contributed by atoms with Gasteiger partial charge in [-0.05, 0) is 51.4 Å². The Bertz CT molecular complexity index is 644. The van der Waals surface area contributed by atoms with E-state index in [1.165, 1.54) is 179 Å². The molecule has 0 heterocycles. The van der Waals surface area contributed by atoms with E-state index in [2.05, 4.69) is 27.7 Å².